The van der Waals surface area contributed by atoms with E-state index in [1.54, 1.807) is 24.3 Å². The number of alkyl halides is 2. The molecule has 1 aromatic heterocycles. The Labute approximate surface area is 187 Å². The number of ketones is 2. The van der Waals surface area contributed by atoms with E-state index in [1.807, 2.05) is 6.92 Å². The van der Waals surface area contributed by atoms with Crippen LogP contribution in [0.4, 0.5) is 18.9 Å². The number of carbonyl (C=O) groups excluding carboxylic acids is 3. The number of hydrogen-bond donors (Lipinski definition) is 2. The number of ether oxygens (including phenoxy) is 1. The van der Waals surface area contributed by atoms with Crippen LogP contribution in [-0.4, -0.2) is 34.1 Å². The summed E-state index contributed by atoms with van der Waals surface area (Å²) in [6.07, 6.45) is 2.04. The Kier molecular flexibility index (Phi) is 7.60. The smallest absolute Gasteiger partial charge is 0.387 e. The molecule has 1 amide bonds. The normalized spacial score (nSPS) is 10.8. The van der Waals surface area contributed by atoms with Gasteiger partial charge in [0.15, 0.2) is 11.6 Å². The number of hydrogen-bond acceptors (Lipinski definition) is 5. The number of H-pyrrole nitrogens is 1. The van der Waals surface area contributed by atoms with Crippen molar-refractivity contribution in [3.8, 4) is 5.75 Å². The lowest BCUT2D eigenvalue weighted by Crippen LogP contribution is -2.16. The number of aromatic amines is 1. The van der Waals surface area contributed by atoms with Crippen LogP contribution in [0.25, 0.3) is 0 Å². The van der Waals surface area contributed by atoms with Crippen LogP contribution in [0.15, 0.2) is 48.8 Å². The molecule has 2 aromatic carbocycles. The third kappa shape index (κ3) is 6.06. The van der Waals surface area contributed by atoms with Gasteiger partial charge in [-0.15, -0.1) is 0 Å². The fourth-order valence-electron chi connectivity index (χ4n) is 3.10. The van der Waals surface area contributed by atoms with E-state index >= 15 is 0 Å². The predicted molar refractivity (Wildman–Crippen MR) is 113 cm³/mol. The first kappa shape index (κ1) is 23.7. The number of nitrogens with zero attached hydrogens (tertiary/aromatic N) is 1. The quantitative estimate of drug-likeness (QED) is 0.424. The molecule has 0 aliphatic heterocycles. The van der Waals surface area contributed by atoms with Gasteiger partial charge in [-0.05, 0) is 36.2 Å². The van der Waals surface area contributed by atoms with Gasteiger partial charge in [-0.25, -0.2) is 9.37 Å². The maximum Gasteiger partial charge on any atom is 0.387 e. The van der Waals surface area contributed by atoms with Crippen LogP contribution in [0.1, 0.15) is 56.7 Å². The van der Waals surface area contributed by atoms with Crippen LogP contribution in [0.3, 0.4) is 0 Å². The Morgan fingerprint density at radius 2 is 1.82 bits per heavy atom. The van der Waals surface area contributed by atoms with E-state index in [-0.39, 0.29) is 41.3 Å². The molecule has 0 atom stereocenters. The number of imidazole rings is 1. The van der Waals surface area contributed by atoms with Crippen molar-refractivity contribution in [2.75, 3.05) is 5.32 Å². The Hall–Kier alpha value is -3.95. The molecule has 0 spiro atoms. The van der Waals surface area contributed by atoms with E-state index in [4.69, 9.17) is 0 Å². The second-order valence-electron chi connectivity index (χ2n) is 7.07. The molecule has 0 bridgehead atoms. The average molecular weight is 459 g/mol. The van der Waals surface area contributed by atoms with Gasteiger partial charge in [0.1, 0.15) is 23.0 Å². The molecular weight excluding hydrogens is 439 g/mol. The van der Waals surface area contributed by atoms with Gasteiger partial charge >= 0.3 is 6.61 Å². The highest BCUT2D eigenvalue weighted by Gasteiger charge is 2.20. The van der Waals surface area contributed by atoms with Crippen molar-refractivity contribution >= 4 is 23.2 Å². The molecule has 0 saturated carbocycles. The van der Waals surface area contributed by atoms with E-state index < -0.39 is 24.1 Å². The maximum absolute atomic E-state index is 14.1. The molecule has 172 valence electrons. The molecule has 0 aliphatic rings. The van der Waals surface area contributed by atoms with E-state index in [1.165, 1.54) is 6.33 Å². The van der Waals surface area contributed by atoms with Crippen molar-refractivity contribution in [1.29, 1.82) is 0 Å². The Bertz CT molecular complexity index is 1160. The number of carbonyl (C=O) groups is 3. The minimum atomic E-state index is -3.10. The molecule has 2 N–H and O–H groups in total. The van der Waals surface area contributed by atoms with E-state index in [9.17, 15) is 27.6 Å². The fourth-order valence-corrected chi connectivity index (χ4v) is 3.10. The third-order valence-electron chi connectivity index (χ3n) is 4.65. The monoisotopic (exact) mass is 459 g/mol. The minimum Gasteiger partial charge on any atom is -0.435 e. The van der Waals surface area contributed by atoms with Gasteiger partial charge < -0.3 is 15.0 Å². The second kappa shape index (κ2) is 10.6. The lowest BCUT2D eigenvalue weighted by molar-refractivity contribution is -0.0500. The number of Topliss-reactive ketones (excluding diaryl/α,β-unsaturated/α-hetero) is 2. The Morgan fingerprint density at radius 3 is 2.45 bits per heavy atom. The molecule has 10 heteroatoms. The molecule has 0 saturated heterocycles. The zero-order chi connectivity index (χ0) is 24.0. The van der Waals surface area contributed by atoms with Gasteiger partial charge in [-0.2, -0.15) is 8.78 Å². The van der Waals surface area contributed by atoms with Crippen LogP contribution in [0.2, 0.25) is 0 Å². The molecule has 7 nitrogen and oxygen atoms in total. The number of aromatic nitrogens is 2. The van der Waals surface area contributed by atoms with E-state index in [0.29, 0.717) is 17.7 Å². The minimum absolute atomic E-state index is 0.0578. The number of benzene rings is 2. The summed E-state index contributed by atoms with van der Waals surface area (Å²) >= 11 is 0. The molecule has 3 rings (SSSR count). The zero-order valence-corrected chi connectivity index (χ0v) is 17.5. The number of anilines is 1. The highest BCUT2D eigenvalue weighted by Crippen LogP contribution is 2.21. The van der Waals surface area contributed by atoms with Crippen molar-refractivity contribution in [2.45, 2.75) is 32.8 Å². The van der Waals surface area contributed by atoms with Crippen molar-refractivity contribution in [3.63, 3.8) is 0 Å². The summed E-state index contributed by atoms with van der Waals surface area (Å²) in [7, 11) is 0. The SMILES string of the molecule is CCCC(=O)c1nc[nH]c1C(=O)Nc1ccc(CC(=O)c2ccc(OC(F)F)cc2F)cc1. The summed E-state index contributed by atoms with van der Waals surface area (Å²) in [5.41, 5.74) is 0.841. The fraction of sp³-hybridized carbons (Fsp3) is 0.217. The highest BCUT2D eigenvalue weighted by molar-refractivity contribution is 6.10. The van der Waals surface area contributed by atoms with Crippen molar-refractivity contribution in [2.24, 2.45) is 0 Å². The molecule has 0 radical (unpaired) electrons. The predicted octanol–water partition coefficient (Wildman–Crippen LogP) is 4.81. The standard InChI is InChI=1S/C23H20F3N3O4/c1-2-3-18(30)20-21(28-12-27-20)22(32)29-14-6-4-13(5-7-14)10-19(31)16-9-8-15(11-17(16)24)33-23(25)26/h4-9,11-12,23H,2-3,10H2,1H3,(H,27,28)(H,29,32). The summed E-state index contributed by atoms with van der Waals surface area (Å²) in [4.78, 5) is 43.6. The topological polar surface area (TPSA) is 101 Å². The van der Waals surface area contributed by atoms with E-state index in [2.05, 4.69) is 20.0 Å². The number of amides is 1. The Morgan fingerprint density at radius 1 is 1.09 bits per heavy atom. The van der Waals surface area contributed by atoms with Gasteiger partial charge in [0.05, 0.1) is 11.9 Å². The van der Waals surface area contributed by atoms with Crippen LogP contribution in [0, 0.1) is 5.82 Å². The number of halogens is 3. The summed E-state index contributed by atoms with van der Waals surface area (Å²) in [6, 6.07) is 9.18. The molecule has 33 heavy (non-hydrogen) atoms. The highest BCUT2D eigenvalue weighted by atomic mass is 19.3. The van der Waals surface area contributed by atoms with Gasteiger partial charge in [0.2, 0.25) is 0 Å². The zero-order valence-electron chi connectivity index (χ0n) is 17.5. The van der Waals surface area contributed by atoms with Gasteiger partial charge in [-0.3, -0.25) is 14.4 Å². The summed E-state index contributed by atoms with van der Waals surface area (Å²) in [6.45, 7) is -1.25. The average Bonchev–Trinajstić information content (AvgIpc) is 3.25. The molecule has 0 unspecified atom stereocenters. The van der Waals surface area contributed by atoms with E-state index in [0.717, 1.165) is 18.2 Å². The largest absolute Gasteiger partial charge is 0.435 e. The van der Waals surface area contributed by atoms with Gasteiger partial charge in [0, 0.05) is 24.6 Å². The summed E-state index contributed by atoms with van der Waals surface area (Å²) in [5.74, 6) is -2.67. The van der Waals surface area contributed by atoms with Gasteiger partial charge in [-0.1, -0.05) is 19.1 Å². The second-order valence-corrected chi connectivity index (χ2v) is 7.07. The number of rotatable bonds is 10. The summed E-state index contributed by atoms with van der Waals surface area (Å²) in [5, 5.41) is 2.64. The number of nitrogens with one attached hydrogen (secondary N) is 2. The van der Waals surface area contributed by atoms with Crippen molar-refractivity contribution in [3.05, 3.63) is 77.1 Å². The first-order valence-corrected chi connectivity index (χ1v) is 10.0. The van der Waals surface area contributed by atoms with Crippen LogP contribution < -0.4 is 10.1 Å². The van der Waals surface area contributed by atoms with Crippen LogP contribution >= 0.6 is 0 Å². The summed E-state index contributed by atoms with van der Waals surface area (Å²) < 4.78 is 42.7. The first-order chi connectivity index (χ1) is 15.8. The molecule has 1 heterocycles. The lowest BCUT2D eigenvalue weighted by atomic mass is 10.0. The van der Waals surface area contributed by atoms with Gasteiger partial charge in [0.25, 0.3) is 5.91 Å². The maximum atomic E-state index is 14.1. The third-order valence-corrected chi connectivity index (χ3v) is 4.65. The molecule has 0 aliphatic carbocycles. The van der Waals surface area contributed by atoms with Crippen molar-refractivity contribution < 1.29 is 32.3 Å². The first-order valence-electron chi connectivity index (χ1n) is 10.0. The Balaban J connectivity index is 1.64. The molecule has 0 fully saturated rings. The van der Waals surface area contributed by atoms with Crippen LogP contribution in [0.5, 0.6) is 5.75 Å². The molecular formula is C23H20F3N3O4. The van der Waals surface area contributed by atoms with Crippen molar-refractivity contribution in [1.82, 2.24) is 9.97 Å². The lowest BCUT2D eigenvalue weighted by Gasteiger charge is -2.08. The van der Waals surface area contributed by atoms with Crippen LogP contribution in [-0.2, 0) is 6.42 Å². The molecule has 3 aromatic rings.